The van der Waals surface area contributed by atoms with Crippen molar-refractivity contribution in [2.45, 2.75) is 57.2 Å². The molecule has 0 spiro atoms. The summed E-state index contributed by atoms with van der Waals surface area (Å²) in [6.45, 7) is 9.02. The zero-order valence-electron chi connectivity index (χ0n) is 12.7. The zero-order chi connectivity index (χ0) is 13.9. The molecular weight excluding hydrogens is 236 g/mol. The van der Waals surface area contributed by atoms with Gasteiger partial charge < -0.3 is 5.32 Å². The summed E-state index contributed by atoms with van der Waals surface area (Å²) in [6, 6.07) is 3.77. The van der Waals surface area contributed by atoms with Crippen molar-refractivity contribution in [1.29, 1.82) is 5.26 Å². The van der Waals surface area contributed by atoms with Crippen LogP contribution in [-0.2, 0) is 0 Å². The lowest BCUT2D eigenvalue weighted by atomic mass is 9.95. The standard InChI is InChI=1S/C15H28N4/c1-13-10-19-8-5-4-6-14(19)11-18(13)9-7-15(2,12-16)17-3/h13-14,17H,4-11H2,1-3H3. The van der Waals surface area contributed by atoms with Gasteiger partial charge in [0.2, 0.25) is 0 Å². The van der Waals surface area contributed by atoms with E-state index in [1.807, 2.05) is 14.0 Å². The minimum atomic E-state index is -0.385. The highest BCUT2D eigenvalue weighted by Gasteiger charge is 2.33. The summed E-state index contributed by atoms with van der Waals surface area (Å²) in [6.07, 6.45) is 5.01. The van der Waals surface area contributed by atoms with Crippen LogP contribution in [-0.4, -0.2) is 60.6 Å². The number of nitrogens with zero attached hydrogens (tertiary/aromatic N) is 3. The Labute approximate surface area is 117 Å². The third-order valence-electron chi connectivity index (χ3n) is 5.01. The Morgan fingerprint density at radius 1 is 1.37 bits per heavy atom. The molecule has 4 nitrogen and oxygen atoms in total. The van der Waals surface area contributed by atoms with E-state index >= 15 is 0 Å². The second kappa shape index (κ2) is 6.21. The highest BCUT2D eigenvalue weighted by molar-refractivity contribution is 5.03. The van der Waals surface area contributed by atoms with Gasteiger partial charge in [-0.1, -0.05) is 6.42 Å². The molecule has 0 bridgehead atoms. The van der Waals surface area contributed by atoms with Gasteiger partial charge in [0, 0.05) is 31.7 Å². The molecule has 4 heteroatoms. The van der Waals surface area contributed by atoms with Crippen LogP contribution in [0.2, 0.25) is 0 Å². The predicted molar refractivity (Wildman–Crippen MR) is 77.9 cm³/mol. The van der Waals surface area contributed by atoms with E-state index in [-0.39, 0.29) is 5.54 Å². The molecule has 2 heterocycles. The molecule has 0 aromatic heterocycles. The van der Waals surface area contributed by atoms with Gasteiger partial charge in [0.05, 0.1) is 6.07 Å². The normalized spacial score (nSPS) is 32.3. The average Bonchev–Trinajstić information content (AvgIpc) is 2.44. The molecule has 3 unspecified atom stereocenters. The second-order valence-corrected chi connectivity index (χ2v) is 6.43. The van der Waals surface area contributed by atoms with Crippen molar-refractivity contribution in [2.75, 3.05) is 33.2 Å². The molecule has 2 saturated heterocycles. The summed E-state index contributed by atoms with van der Waals surface area (Å²) < 4.78 is 0. The van der Waals surface area contributed by atoms with E-state index < -0.39 is 0 Å². The Morgan fingerprint density at radius 2 is 2.16 bits per heavy atom. The minimum absolute atomic E-state index is 0.385. The third-order valence-corrected chi connectivity index (χ3v) is 5.01. The summed E-state index contributed by atoms with van der Waals surface area (Å²) in [5.74, 6) is 0. The first-order chi connectivity index (χ1) is 9.08. The monoisotopic (exact) mass is 264 g/mol. The highest BCUT2D eigenvalue weighted by Crippen LogP contribution is 2.24. The van der Waals surface area contributed by atoms with Crippen LogP contribution in [0.3, 0.4) is 0 Å². The lowest BCUT2D eigenvalue weighted by molar-refractivity contribution is 0.0128. The van der Waals surface area contributed by atoms with Crippen LogP contribution in [0.1, 0.15) is 39.5 Å². The smallest absolute Gasteiger partial charge is 0.104 e. The minimum Gasteiger partial charge on any atom is -0.303 e. The maximum atomic E-state index is 9.23. The van der Waals surface area contributed by atoms with Crippen LogP contribution in [0.15, 0.2) is 0 Å². The lowest BCUT2D eigenvalue weighted by Crippen LogP contribution is -2.59. The summed E-state index contributed by atoms with van der Waals surface area (Å²) in [5, 5.41) is 12.4. The molecule has 3 atom stereocenters. The van der Waals surface area contributed by atoms with Crippen molar-refractivity contribution < 1.29 is 0 Å². The van der Waals surface area contributed by atoms with Crippen LogP contribution in [0.4, 0.5) is 0 Å². The fourth-order valence-corrected chi connectivity index (χ4v) is 3.33. The Morgan fingerprint density at radius 3 is 2.84 bits per heavy atom. The van der Waals surface area contributed by atoms with Gasteiger partial charge in [-0.3, -0.25) is 9.80 Å². The molecule has 108 valence electrons. The summed E-state index contributed by atoms with van der Waals surface area (Å²) in [4.78, 5) is 5.26. The summed E-state index contributed by atoms with van der Waals surface area (Å²) >= 11 is 0. The lowest BCUT2D eigenvalue weighted by Gasteiger charge is -2.48. The molecule has 0 radical (unpaired) electrons. The molecule has 2 aliphatic heterocycles. The fourth-order valence-electron chi connectivity index (χ4n) is 3.33. The molecule has 0 amide bonds. The zero-order valence-corrected chi connectivity index (χ0v) is 12.7. The van der Waals surface area contributed by atoms with E-state index in [1.54, 1.807) is 0 Å². The van der Waals surface area contributed by atoms with Gasteiger partial charge in [-0.05, 0) is 46.7 Å². The molecule has 0 saturated carbocycles. The van der Waals surface area contributed by atoms with Crippen molar-refractivity contribution in [1.82, 2.24) is 15.1 Å². The van der Waals surface area contributed by atoms with Crippen molar-refractivity contribution in [3.8, 4) is 6.07 Å². The van der Waals surface area contributed by atoms with Crippen molar-refractivity contribution in [3.05, 3.63) is 0 Å². The summed E-state index contributed by atoms with van der Waals surface area (Å²) in [7, 11) is 1.88. The Balaban J connectivity index is 1.88. The molecule has 2 fully saturated rings. The fraction of sp³-hybridized carbons (Fsp3) is 0.933. The number of nitrogens with one attached hydrogen (secondary N) is 1. The predicted octanol–water partition coefficient (Wildman–Crippen LogP) is 1.44. The molecule has 1 N–H and O–H groups in total. The number of rotatable bonds is 4. The second-order valence-electron chi connectivity index (χ2n) is 6.43. The topological polar surface area (TPSA) is 42.3 Å². The van der Waals surface area contributed by atoms with Gasteiger partial charge in [-0.2, -0.15) is 5.26 Å². The van der Waals surface area contributed by atoms with Gasteiger partial charge in [-0.25, -0.2) is 0 Å². The number of piperidine rings is 1. The van der Waals surface area contributed by atoms with Crippen molar-refractivity contribution in [2.24, 2.45) is 0 Å². The van der Waals surface area contributed by atoms with Crippen molar-refractivity contribution >= 4 is 0 Å². The van der Waals surface area contributed by atoms with Gasteiger partial charge in [0.25, 0.3) is 0 Å². The first kappa shape index (κ1) is 14.8. The molecule has 0 aromatic rings. The van der Waals surface area contributed by atoms with E-state index in [4.69, 9.17) is 0 Å². The van der Waals surface area contributed by atoms with Crippen LogP contribution < -0.4 is 5.32 Å². The Kier molecular flexibility index (Phi) is 4.83. The van der Waals surface area contributed by atoms with Crippen LogP contribution in [0, 0.1) is 11.3 Å². The number of fused-ring (bicyclic) bond motifs is 1. The molecule has 2 aliphatic rings. The SMILES string of the molecule is CNC(C)(C#N)CCN1CC2CCCCN2CC1C. The maximum Gasteiger partial charge on any atom is 0.104 e. The molecule has 0 aliphatic carbocycles. The molecule has 19 heavy (non-hydrogen) atoms. The van der Waals surface area contributed by atoms with Gasteiger partial charge in [0.15, 0.2) is 0 Å². The average molecular weight is 264 g/mol. The first-order valence-electron chi connectivity index (χ1n) is 7.66. The Bertz CT molecular complexity index is 338. The van der Waals surface area contributed by atoms with Gasteiger partial charge >= 0.3 is 0 Å². The first-order valence-corrected chi connectivity index (χ1v) is 7.66. The van der Waals surface area contributed by atoms with E-state index in [1.165, 1.54) is 38.9 Å². The maximum absolute atomic E-state index is 9.23. The van der Waals surface area contributed by atoms with E-state index in [0.717, 1.165) is 19.0 Å². The highest BCUT2D eigenvalue weighted by atomic mass is 15.3. The Hall–Kier alpha value is -0.630. The third kappa shape index (κ3) is 3.47. The van der Waals surface area contributed by atoms with Crippen LogP contribution in [0.5, 0.6) is 0 Å². The largest absolute Gasteiger partial charge is 0.303 e. The van der Waals surface area contributed by atoms with E-state index in [9.17, 15) is 5.26 Å². The summed E-state index contributed by atoms with van der Waals surface area (Å²) in [5.41, 5.74) is -0.385. The van der Waals surface area contributed by atoms with Crippen LogP contribution >= 0.6 is 0 Å². The van der Waals surface area contributed by atoms with E-state index in [2.05, 4.69) is 28.1 Å². The number of piperazine rings is 1. The van der Waals surface area contributed by atoms with Gasteiger partial charge in [-0.15, -0.1) is 0 Å². The molecule has 0 aromatic carbocycles. The number of hydrogen-bond acceptors (Lipinski definition) is 4. The molecule has 2 rings (SSSR count). The van der Waals surface area contributed by atoms with Gasteiger partial charge in [0.1, 0.15) is 5.54 Å². The quantitative estimate of drug-likeness (QED) is 0.834. The van der Waals surface area contributed by atoms with Crippen molar-refractivity contribution in [3.63, 3.8) is 0 Å². The molecular formula is C15H28N4. The van der Waals surface area contributed by atoms with Crippen LogP contribution in [0.25, 0.3) is 0 Å². The number of nitriles is 1. The van der Waals surface area contributed by atoms with E-state index in [0.29, 0.717) is 6.04 Å². The number of hydrogen-bond donors (Lipinski definition) is 1.